The fourth-order valence-corrected chi connectivity index (χ4v) is 3.44. The quantitative estimate of drug-likeness (QED) is 0.826. The number of benzene rings is 2. The van der Waals surface area contributed by atoms with E-state index in [2.05, 4.69) is 5.32 Å². The molecule has 0 aliphatic carbocycles. The van der Waals surface area contributed by atoms with E-state index in [9.17, 15) is 4.79 Å². The summed E-state index contributed by atoms with van der Waals surface area (Å²) in [4.78, 5) is 13.5. The molecule has 0 saturated heterocycles. The lowest BCUT2D eigenvalue weighted by Crippen LogP contribution is -3.08. The lowest BCUT2D eigenvalue weighted by atomic mass is 10.1. The first-order valence-corrected chi connectivity index (χ1v) is 9.57. The number of nitrogens with one attached hydrogen (secondary N) is 2. The Morgan fingerprint density at radius 1 is 1.22 bits per heavy atom. The van der Waals surface area contributed by atoms with Crippen molar-refractivity contribution in [3.8, 4) is 11.5 Å². The number of quaternary nitrogens is 1. The average molecular weight is 390 g/mol. The zero-order chi connectivity index (χ0) is 19.4. The average Bonchev–Trinajstić information content (AvgIpc) is 2.84. The van der Waals surface area contributed by atoms with Gasteiger partial charge in [0.2, 0.25) is 0 Å². The monoisotopic (exact) mass is 389 g/mol. The predicted molar refractivity (Wildman–Crippen MR) is 107 cm³/mol. The number of halogens is 1. The minimum absolute atomic E-state index is 0.0124. The maximum Gasteiger partial charge on any atom is 0.279 e. The van der Waals surface area contributed by atoms with Crippen molar-refractivity contribution in [2.75, 3.05) is 32.1 Å². The number of carbonyl (C=O) groups excluding carboxylic acids is 1. The predicted octanol–water partition coefficient (Wildman–Crippen LogP) is 2.77. The van der Waals surface area contributed by atoms with Gasteiger partial charge in [-0.15, -0.1) is 0 Å². The molecule has 0 aromatic heterocycles. The van der Waals surface area contributed by atoms with E-state index in [0.29, 0.717) is 42.8 Å². The van der Waals surface area contributed by atoms with Crippen LogP contribution in [0, 0.1) is 13.8 Å². The number of hydrogen-bond donors (Lipinski definition) is 2. The molecule has 1 aliphatic heterocycles. The molecule has 27 heavy (non-hydrogen) atoms. The molecule has 0 radical (unpaired) electrons. The molecule has 1 unspecified atom stereocenters. The summed E-state index contributed by atoms with van der Waals surface area (Å²) in [6.45, 7) is 6.30. The first-order chi connectivity index (χ1) is 12.9. The fourth-order valence-electron chi connectivity index (χ4n) is 3.15. The van der Waals surface area contributed by atoms with Crippen molar-refractivity contribution in [2.24, 2.45) is 0 Å². The van der Waals surface area contributed by atoms with Gasteiger partial charge in [-0.05, 0) is 43.2 Å². The molecule has 5 nitrogen and oxygen atoms in total. The standard InChI is InChI=1S/C21H25ClN2O3/c1-14-6-4-7-18(15(14)2)23-20(25)13-24(3)12-16-10-17(22)21-19(11-16)26-8-5-9-27-21/h4,6-7,10-11H,5,8-9,12-13H2,1-3H3,(H,23,25)/p+1. The molecule has 144 valence electrons. The molecular formula is C21H26ClN2O3+. The Bertz CT molecular complexity index is 838. The van der Waals surface area contributed by atoms with Crippen molar-refractivity contribution >= 4 is 23.2 Å². The van der Waals surface area contributed by atoms with Gasteiger partial charge in [-0.3, -0.25) is 4.79 Å². The second kappa shape index (κ2) is 8.63. The zero-order valence-corrected chi connectivity index (χ0v) is 16.8. The van der Waals surface area contributed by atoms with Crippen LogP contribution in [0.25, 0.3) is 0 Å². The normalized spacial score (nSPS) is 14.4. The smallest absolute Gasteiger partial charge is 0.279 e. The van der Waals surface area contributed by atoms with Crippen LogP contribution in [0.3, 0.4) is 0 Å². The van der Waals surface area contributed by atoms with Gasteiger partial charge in [0.15, 0.2) is 18.0 Å². The van der Waals surface area contributed by atoms with E-state index in [-0.39, 0.29) is 5.91 Å². The first-order valence-electron chi connectivity index (χ1n) is 9.19. The molecule has 0 bridgehead atoms. The number of aryl methyl sites for hydroxylation is 1. The van der Waals surface area contributed by atoms with E-state index in [1.54, 1.807) is 0 Å². The van der Waals surface area contributed by atoms with Crippen LogP contribution in [0.5, 0.6) is 11.5 Å². The number of anilines is 1. The minimum Gasteiger partial charge on any atom is -0.489 e. The topological polar surface area (TPSA) is 52.0 Å². The van der Waals surface area contributed by atoms with Crippen LogP contribution in [-0.2, 0) is 11.3 Å². The summed E-state index contributed by atoms with van der Waals surface area (Å²) >= 11 is 6.36. The second-order valence-electron chi connectivity index (χ2n) is 7.06. The molecule has 1 atom stereocenters. The molecule has 6 heteroatoms. The maximum atomic E-state index is 12.4. The van der Waals surface area contributed by atoms with Gasteiger partial charge < -0.3 is 19.7 Å². The summed E-state index contributed by atoms with van der Waals surface area (Å²) in [5, 5.41) is 3.56. The number of fused-ring (bicyclic) bond motifs is 1. The van der Waals surface area contributed by atoms with Crippen LogP contribution in [0.2, 0.25) is 5.02 Å². The van der Waals surface area contributed by atoms with E-state index in [4.69, 9.17) is 21.1 Å². The Hall–Kier alpha value is -2.24. The third kappa shape index (κ3) is 4.93. The van der Waals surface area contributed by atoms with Gasteiger partial charge in [0.1, 0.15) is 6.54 Å². The molecular weight excluding hydrogens is 364 g/mol. The van der Waals surface area contributed by atoms with Crippen LogP contribution < -0.4 is 19.7 Å². The highest BCUT2D eigenvalue weighted by Crippen LogP contribution is 2.37. The van der Waals surface area contributed by atoms with Gasteiger partial charge in [-0.2, -0.15) is 0 Å². The highest BCUT2D eigenvalue weighted by atomic mass is 35.5. The van der Waals surface area contributed by atoms with Gasteiger partial charge in [0.05, 0.1) is 25.3 Å². The highest BCUT2D eigenvalue weighted by Gasteiger charge is 2.18. The maximum absolute atomic E-state index is 12.4. The number of ether oxygens (including phenoxy) is 2. The van der Waals surface area contributed by atoms with Crippen LogP contribution >= 0.6 is 11.6 Å². The first kappa shape index (κ1) is 19.5. The lowest BCUT2D eigenvalue weighted by molar-refractivity contribution is -0.885. The third-order valence-electron chi connectivity index (χ3n) is 4.71. The molecule has 2 aromatic rings. The highest BCUT2D eigenvalue weighted by molar-refractivity contribution is 6.32. The molecule has 0 fully saturated rings. The Morgan fingerprint density at radius 3 is 2.81 bits per heavy atom. The third-order valence-corrected chi connectivity index (χ3v) is 4.99. The fraction of sp³-hybridized carbons (Fsp3) is 0.381. The van der Waals surface area contributed by atoms with E-state index >= 15 is 0 Å². The largest absolute Gasteiger partial charge is 0.489 e. The molecule has 1 amide bonds. The van der Waals surface area contributed by atoms with Gasteiger partial charge in [-0.25, -0.2) is 0 Å². The number of likely N-dealkylation sites (N-methyl/N-ethyl adjacent to an activating group) is 1. The lowest BCUT2D eigenvalue weighted by Gasteiger charge is -2.17. The molecule has 2 N–H and O–H groups in total. The minimum atomic E-state index is -0.0124. The zero-order valence-electron chi connectivity index (χ0n) is 16.0. The summed E-state index contributed by atoms with van der Waals surface area (Å²) < 4.78 is 11.4. The summed E-state index contributed by atoms with van der Waals surface area (Å²) in [6.07, 6.45) is 0.837. The Balaban J connectivity index is 1.63. The Kier molecular flexibility index (Phi) is 6.24. The second-order valence-corrected chi connectivity index (χ2v) is 7.47. The Morgan fingerprint density at radius 2 is 2.00 bits per heavy atom. The molecule has 0 spiro atoms. The molecule has 2 aromatic carbocycles. The van der Waals surface area contributed by atoms with Crippen LogP contribution in [0.4, 0.5) is 5.69 Å². The number of hydrogen-bond acceptors (Lipinski definition) is 3. The van der Waals surface area contributed by atoms with E-state index in [1.807, 2.05) is 51.2 Å². The van der Waals surface area contributed by atoms with Gasteiger partial charge in [-0.1, -0.05) is 23.7 Å². The molecule has 1 aliphatic rings. The van der Waals surface area contributed by atoms with Crippen molar-refractivity contribution in [1.29, 1.82) is 0 Å². The van der Waals surface area contributed by atoms with Crippen molar-refractivity contribution in [1.82, 2.24) is 0 Å². The molecule has 1 heterocycles. The molecule has 0 saturated carbocycles. The van der Waals surface area contributed by atoms with Crippen molar-refractivity contribution in [3.05, 3.63) is 52.0 Å². The summed E-state index contributed by atoms with van der Waals surface area (Å²) in [7, 11) is 1.99. The van der Waals surface area contributed by atoms with Gasteiger partial charge in [0.25, 0.3) is 5.91 Å². The summed E-state index contributed by atoms with van der Waals surface area (Å²) in [5.74, 6) is 1.28. The van der Waals surface area contributed by atoms with E-state index in [0.717, 1.165) is 33.7 Å². The number of amides is 1. The molecule has 3 rings (SSSR count). The SMILES string of the molecule is Cc1cccc(NC(=O)C[NH+](C)Cc2cc(Cl)c3c(c2)OCCCO3)c1C. The number of carbonyl (C=O) groups is 1. The van der Waals surface area contributed by atoms with Crippen LogP contribution in [-0.4, -0.2) is 32.7 Å². The number of rotatable bonds is 5. The van der Waals surface area contributed by atoms with E-state index < -0.39 is 0 Å². The van der Waals surface area contributed by atoms with Crippen molar-refractivity contribution in [2.45, 2.75) is 26.8 Å². The Labute approximate surface area is 165 Å². The summed E-state index contributed by atoms with van der Waals surface area (Å²) in [6, 6.07) is 9.77. The van der Waals surface area contributed by atoms with Gasteiger partial charge in [0, 0.05) is 17.7 Å². The van der Waals surface area contributed by atoms with Gasteiger partial charge >= 0.3 is 0 Å². The summed E-state index contributed by atoms with van der Waals surface area (Å²) in [5.41, 5.74) is 4.14. The van der Waals surface area contributed by atoms with Crippen LogP contribution in [0.1, 0.15) is 23.1 Å². The van der Waals surface area contributed by atoms with Crippen LogP contribution in [0.15, 0.2) is 30.3 Å². The van der Waals surface area contributed by atoms with Crippen molar-refractivity contribution < 1.29 is 19.2 Å². The van der Waals surface area contributed by atoms with Crippen molar-refractivity contribution in [3.63, 3.8) is 0 Å². The van der Waals surface area contributed by atoms with E-state index in [1.165, 1.54) is 0 Å².